The van der Waals surface area contributed by atoms with Gasteiger partial charge in [0.25, 0.3) is 0 Å². The summed E-state index contributed by atoms with van der Waals surface area (Å²) in [6.07, 6.45) is 0.329. The van der Waals surface area contributed by atoms with Crippen LogP contribution < -0.4 is 0 Å². The molecule has 0 amide bonds. The molecule has 23 heavy (non-hydrogen) atoms. The van der Waals surface area contributed by atoms with Crippen molar-refractivity contribution in [3.63, 3.8) is 0 Å². The zero-order valence-electron chi connectivity index (χ0n) is 12.3. The molecule has 3 heteroatoms. The van der Waals surface area contributed by atoms with Gasteiger partial charge in [0.2, 0.25) is 0 Å². The van der Waals surface area contributed by atoms with E-state index in [4.69, 9.17) is 0 Å². The van der Waals surface area contributed by atoms with Gasteiger partial charge in [-0.3, -0.25) is 4.79 Å². The van der Waals surface area contributed by atoms with E-state index < -0.39 is 0 Å². The Morgan fingerprint density at radius 2 is 1.61 bits per heavy atom. The van der Waals surface area contributed by atoms with E-state index in [0.29, 0.717) is 22.9 Å². The van der Waals surface area contributed by atoms with E-state index in [9.17, 15) is 15.0 Å². The first-order valence-electron chi connectivity index (χ1n) is 7.42. The van der Waals surface area contributed by atoms with E-state index in [1.165, 1.54) is 6.07 Å². The standard InChI is InChI=1S/C20H14O3/c21-16-10-9-13-7-4-8-14-17(13)18(16)20(23)15(19(14)22)11-12-5-2-1-3-6-12/h1-10,21-22H,11H2. The molecule has 1 aliphatic carbocycles. The number of hydrogen-bond acceptors (Lipinski definition) is 3. The number of carbonyl (C=O) groups is 1. The molecule has 0 aliphatic heterocycles. The fourth-order valence-corrected chi connectivity index (χ4v) is 3.18. The highest BCUT2D eigenvalue weighted by Gasteiger charge is 2.29. The molecule has 1 aliphatic rings. The molecule has 0 radical (unpaired) electrons. The van der Waals surface area contributed by atoms with Crippen molar-refractivity contribution in [3.05, 3.63) is 82.9 Å². The van der Waals surface area contributed by atoms with Gasteiger partial charge in [-0.05, 0) is 17.0 Å². The largest absolute Gasteiger partial charge is 0.507 e. The highest BCUT2D eigenvalue weighted by Crippen LogP contribution is 2.40. The Morgan fingerprint density at radius 1 is 0.826 bits per heavy atom. The predicted octanol–water partition coefficient (Wildman–Crippen LogP) is 4.25. The van der Waals surface area contributed by atoms with Crippen LogP contribution in [-0.4, -0.2) is 16.0 Å². The zero-order chi connectivity index (χ0) is 16.0. The van der Waals surface area contributed by atoms with Gasteiger partial charge in [0.15, 0.2) is 5.78 Å². The molecular weight excluding hydrogens is 288 g/mol. The number of aliphatic hydroxyl groups excluding tert-OH is 1. The van der Waals surface area contributed by atoms with Gasteiger partial charge in [-0.25, -0.2) is 0 Å². The Morgan fingerprint density at radius 3 is 2.39 bits per heavy atom. The van der Waals surface area contributed by atoms with Crippen LogP contribution in [0.15, 0.2) is 66.2 Å². The molecule has 112 valence electrons. The van der Waals surface area contributed by atoms with Crippen molar-refractivity contribution in [2.24, 2.45) is 0 Å². The van der Waals surface area contributed by atoms with Crippen molar-refractivity contribution >= 4 is 22.3 Å². The van der Waals surface area contributed by atoms with Crippen LogP contribution in [0.4, 0.5) is 0 Å². The fraction of sp³-hybridized carbons (Fsp3) is 0.0500. The van der Waals surface area contributed by atoms with Crippen molar-refractivity contribution in [2.75, 3.05) is 0 Å². The topological polar surface area (TPSA) is 57.5 Å². The molecule has 3 aromatic carbocycles. The highest BCUT2D eigenvalue weighted by molar-refractivity contribution is 6.25. The zero-order valence-corrected chi connectivity index (χ0v) is 12.3. The number of phenolic OH excluding ortho intramolecular Hbond substituents is 1. The van der Waals surface area contributed by atoms with E-state index in [2.05, 4.69) is 0 Å². The minimum Gasteiger partial charge on any atom is -0.507 e. The smallest absolute Gasteiger partial charge is 0.197 e. The molecule has 3 aromatic rings. The van der Waals surface area contributed by atoms with Crippen molar-refractivity contribution in [1.82, 2.24) is 0 Å². The molecule has 0 bridgehead atoms. The Kier molecular flexibility index (Phi) is 2.95. The lowest BCUT2D eigenvalue weighted by Crippen LogP contribution is -2.15. The van der Waals surface area contributed by atoms with Gasteiger partial charge in [0.05, 0.1) is 5.56 Å². The third-order valence-electron chi connectivity index (χ3n) is 4.29. The van der Waals surface area contributed by atoms with Crippen LogP contribution >= 0.6 is 0 Å². The van der Waals surface area contributed by atoms with Gasteiger partial charge in [-0.15, -0.1) is 0 Å². The number of benzene rings is 3. The number of ketones is 1. The van der Waals surface area contributed by atoms with Gasteiger partial charge in [-0.2, -0.15) is 0 Å². The molecular formula is C20H14O3. The van der Waals surface area contributed by atoms with Crippen LogP contribution in [0, 0.1) is 0 Å². The molecule has 0 spiro atoms. The Hall–Kier alpha value is -3.07. The van der Waals surface area contributed by atoms with Crippen LogP contribution in [0.5, 0.6) is 5.75 Å². The summed E-state index contributed by atoms with van der Waals surface area (Å²) in [6.45, 7) is 0. The average Bonchev–Trinajstić information content (AvgIpc) is 2.58. The summed E-state index contributed by atoms with van der Waals surface area (Å²) < 4.78 is 0. The molecule has 4 rings (SSSR count). The maximum atomic E-state index is 12.9. The second kappa shape index (κ2) is 4.99. The number of aromatic hydroxyl groups is 1. The number of carbonyl (C=O) groups excluding carboxylic acids is 1. The summed E-state index contributed by atoms with van der Waals surface area (Å²) >= 11 is 0. The molecule has 0 atom stereocenters. The molecule has 0 aromatic heterocycles. The number of Topliss-reactive ketones (excluding diaryl/α,β-unsaturated/α-hetero) is 1. The second-order valence-corrected chi connectivity index (χ2v) is 5.68. The molecule has 0 fully saturated rings. The fourth-order valence-electron chi connectivity index (χ4n) is 3.18. The molecule has 0 saturated carbocycles. The number of phenols is 1. The molecule has 0 heterocycles. The third kappa shape index (κ3) is 2.01. The van der Waals surface area contributed by atoms with Crippen LogP contribution in [0.2, 0.25) is 0 Å². The number of hydrogen-bond donors (Lipinski definition) is 2. The summed E-state index contributed by atoms with van der Waals surface area (Å²) in [5.41, 5.74) is 2.13. The highest BCUT2D eigenvalue weighted by atomic mass is 16.3. The van der Waals surface area contributed by atoms with Crippen molar-refractivity contribution in [3.8, 4) is 5.75 Å². The van der Waals surface area contributed by atoms with E-state index in [-0.39, 0.29) is 22.9 Å². The second-order valence-electron chi connectivity index (χ2n) is 5.68. The Bertz CT molecular complexity index is 969. The first kappa shape index (κ1) is 13.6. The number of allylic oxidation sites excluding steroid dienone is 1. The van der Waals surface area contributed by atoms with Crippen LogP contribution in [-0.2, 0) is 6.42 Å². The van der Waals surface area contributed by atoms with Gasteiger partial charge in [0, 0.05) is 22.9 Å². The maximum Gasteiger partial charge on any atom is 0.197 e. The maximum absolute atomic E-state index is 12.9. The molecule has 0 unspecified atom stereocenters. The monoisotopic (exact) mass is 302 g/mol. The lowest BCUT2D eigenvalue weighted by molar-refractivity contribution is 0.102. The summed E-state index contributed by atoms with van der Waals surface area (Å²) in [6, 6.07) is 18.3. The third-order valence-corrected chi connectivity index (χ3v) is 4.29. The Balaban J connectivity index is 1.97. The average molecular weight is 302 g/mol. The van der Waals surface area contributed by atoms with Gasteiger partial charge < -0.3 is 10.2 Å². The minimum absolute atomic E-state index is 0.00236. The first-order chi connectivity index (χ1) is 11.2. The predicted molar refractivity (Wildman–Crippen MR) is 89.6 cm³/mol. The quantitative estimate of drug-likeness (QED) is 0.744. The van der Waals surface area contributed by atoms with Crippen LogP contribution in [0.3, 0.4) is 0 Å². The summed E-state index contributed by atoms with van der Waals surface area (Å²) in [5, 5.41) is 22.3. The van der Waals surface area contributed by atoms with E-state index in [1.54, 1.807) is 12.1 Å². The van der Waals surface area contributed by atoms with E-state index in [0.717, 1.165) is 10.9 Å². The van der Waals surface area contributed by atoms with Crippen molar-refractivity contribution in [2.45, 2.75) is 6.42 Å². The van der Waals surface area contributed by atoms with Gasteiger partial charge in [-0.1, -0.05) is 54.6 Å². The molecule has 0 saturated heterocycles. The lowest BCUT2D eigenvalue weighted by Gasteiger charge is -2.20. The lowest BCUT2D eigenvalue weighted by atomic mass is 9.84. The molecule has 3 nitrogen and oxygen atoms in total. The van der Waals surface area contributed by atoms with Crippen LogP contribution in [0.1, 0.15) is 21.5 Å². The van der Waals surface area contributed by atoms with E-state index in [1.807, 2.05) is 42.5 Å². The molecule has 2 N–H and O–H groups in total. The number of rotatable bonds is 2. The summed E-state index contributed by atoms with van der Waals surface area (Å²) in [4.78, 5) is 12.9. The van der Waals surface area contributed by atoms with Crippen molar-refractivity contribution < 1.29 is 15.0 Å². The summed E-state index contributed by atoms with van der Waals surface area (Å²) in [5.74, 6) is -0.358. The SMILES string of the molecule is O=C1C(Cc2ccccc2)=C(O)c2cccc3ccc(O)c1c23. The van der Waals surface area contributed by atoms with E-state index >= 15 is 0 Å². The minimum atomic E-state index is -0.312. The van der Waals surface area contributed by atoms with Gasteiger partial charge in [0.1, 0.15) is 11.5 Å². The van der Waals surface area contributed by atoms with Crippen LogP contribution in [0.25, 0.3) is 16.5 Å². The summed E-state index contributed by atoms with van der Waals surface area (Å²) in [7, 11) is 0. The van der Waals surface area contributed by atoms with Gasteiger partial charge >= 0.3 is 0 Å². The van der Waals surface area contributed by atoms with Crippen molar-refractivity contribution in [1.29, 1.82) is 0 Å². The number of aliphatic hydroxyl groups is 1. The normalized spacial score (nSPS) is 13.7. The first-order valence-corrected chi connectivity index (χ1v) is 7.42. The Labute approximate surface area is 133 Å².